The van der Waals surface area contributed by atoms with Crippen LogP contribution in [0, 0.1) is 0 Å². The van der Waals surface area contributed by atoms with E-state index < -0.39 is 0 Å². The van der Waals surface area contributed by atoms with Crippen LogP contribution in [0.4, 0.5) is 0 Å². The molecule has 0 aromatic heterocycles. The maximum atomic E-state index is 2.70. The van der Waals surface area contributed by atoms with E-state index in [0.29, 0.717) is 0 Å². The number of hydrogen-bond donors (Lipinski definition) is 1. The van der Waals surface area contributed by atoms with Gasteiger partial charge in [0.05, 0.1) is 19.6 Å². The van der Waals surface area contributed by atoms with Gasteiger partial charge in [0, 0.05) is 0 Å². The quantitative estimate of drug-likeness (QED) is 0.596. The number of fused-ring (bicyclic) bond motifs is 9. The fraction of sp³-hybridized carbons (Fsp3) is 1.00. The fourth-order valence-electron chi connectivity index (χ4n) is 2.84. The van der Waals surface area contributed by atoms with Gasteiger partial charge < -0.3 is 9.80 Å². The number of rotatable bonds is 0. The molecule has 0 saturated carbocycles. The summed E-state index contributed by atoms with van der Waals surface area (Å²) in [5.41, 5.74) is 0. The molecule has 0 atom stereocenters. The largest absolute Gasteiger partial charge is 0.335 e. The van der Waals surface area contributed by atoms with Crippen molar-refractivity contribution >= 4 is 0 Å². The summed E-state index contributed by atoms with van der Waals surface area (Å²) < 4.78 is 0. The Kier molecular flexibility index (Phi) is 4.26. The van der Waals surface area contributed by atoms with Crippen molar-refractivity contribution in [2.75, 3.05) is 39.3 Å². The van der Waals surface area contributed by atoms with E-state index in [1.807, 2.05) is 4.90 Å². The van der Waals surface area contributed by atoms with Crippen LogP contribution in [0.15, 0.2) is 0 Å². The lowest BCUT2D eigenvalue weighted by Gasteiger charge is -2.28. The smallest absolute Gasteiger partial charge is 0.0771 e. The van der Waals surface area contributed by atoms with Crippen molar-refractivity contribution in [1.82, 2.24) is 4.90 Å². The molecule has 0 unspecified atom stereocenters. The van der Waals surface area contributed by atoms with Gasteiger partial charge in [-0.15, -0.1) is 0 Å². The van der Waals surface area contributed by atoms with E-state index in [-0.39, 0.29) is 0 Å². The van der Waals surface area contributed by atoms with Gasteiger partial charge >= 0.3 is 0 Å². The van der Waals surface area contributed by atoms with Crippen molar-refractivity contribution < 1.29 is 4.90 Å². The Bertz CT molecular complexity index is 112. The molecule has 14 heavy (non-hydrogen) atoms. The zero-order chi connectivity index (χ0) is 9.64. The maximum Gasteiger partial charge on any atom is 0.0771 e. The molecule has 2 nitrogen and oxygen atoms in total. The third kappa shape index (κ3) is 3.25. The van der Waals surface area contributed by atoms with Crippen LogP contribution in [0.25, 0.3) is 0 Å². The van der Waals surface area contributed by atoms with Gasteiger partial charge in [-0.25, -0.2) is 0 Å². The molecule has 3 aliphatic heterocycles. The second-order valence-corrected chi connectivity index (χ2v) is 4.96. The van der Waals surface area contributed by atoms with Crippen molar-refractivity contribution in [1.29, 1.82) is 0 Å². The lowest BCUT2D eigenvalue weighted by atomic mass is 10.1. The van der Waals surface area contributed by atoms with Gasteiger partial charge in [0.2, 0.25) is 0 Å². The van der Waals surface area contributed by atoms with Crippen LogP contribution < -0.4 is 4.90 Å². The van der Waals surface area contributed by atoms with Gasteiger partial charge in [0.15, 0.2) is 0 Å². The molecule has 0 aliphatic carbocycles. The average Bonchev–Trinajstić information content (AvgIpc) is 2.25. The number of quaternary nitrogens is 1. The Morgan fingerprint density at radius 2 is 1.00 bits per heavy atom. The van der Waals surface area contributed by atoms with E-state index in [1.165, 1.54) is 77.8 Å². The normalized spacial score (nSPS) is 36.0. The van der Waals surface area contributed by atoms with Crippen LogP contribution in [0.2, 0.25) is 0 Å². The Labute approximate surface area is 88.3 Å². The molecule has 3 rings (SSSR count). The highest BCUT2D eigenvalue weighted by molar-refractivity contribution is 4.61. The van der Waals surface area contributed by atoms with Gasteiger partial charge in [-0.1, -0.05) is 0 Å². The molecular formula is C12H25N2+. The van der Waals surface area contributed by atoms with Gasteiger partial charge in [-0.3, -0.25) is 0 Å². The van der Waals surface area contributed by atoms with E-state index in [1.54, 1.807) is 0 Å². The minimum Gasteiger partial charge on any atom is -0.335 e. The van der Waals surface area contributed by atoms with Crippen LogP contribution in [0.5, 0.6) is 0 Å². The zero-order valence-corrected chi connectivity index (χ0v) is 9.43. The third-order valence-electron chi connectivity index (χ3n) is 3.76. The van der Waals surface area contributed by atoms with Crippen LogP contribution in [-0.2, 0) is 0 Å². The summed E-state index contributed by atoms with van der Waals surface area (Å²) in [5.74, 6) is 0. The van der Waals surface area contributed by atoms with Crippen LogP contribution in [0.3, 0.4) is 0 Å². The fourth-order valence-corrected chi connectivity index (χ4v) is 2.84. The molecule has 82 valence electrons. The SMILES string of the molecule is C1CC[NH+]2CCCCN(C1)CCCC2. The second-order valence-electron chi connectivity index (χ2n) is 4.96. The first-order chi connectivity index (χ1) is 6.95. The Morgan fingerprint density at radius 1 is 0.571 bits per heavy atom. The predicted molar refractivity (Wildman–Crippen MR) is 59.7 cm³/mol. The third-order valence-corrected chi connectivity index (χ3v) is 3.76. The first-order valence-electron chi connectivity index (χ1n) is 6.51. The van der Waals surface area contributed by atoms with E-state index in [2.05, 4.69) is 4.90 Å². The first-order valence-corrected chi connectivity index (χ1v) is 6.51. The molecule has 2 bridgehead atoms. The van der Waals surface area contributed by atoms with Gasteiger partial charge in [-0.05, 0) is 58.2 Å². The summed E-state index contributed by atoms with van der Waals surface area (Å²) in [6, 6.07) is 0. The number of nitrogens with zero attached hydrogens (tertiary/aromatic N) is 1. The number of nitrogens with one attached hydrogen (secondary N) is 1. The molecule has 0 aromatic carbocycles. The molecule has 0 spiro atoms. The van der Waals surface area contributed by atoms with E-state index in [0.717, 1.165) is 0 Å². The predicted octanol–water partition coefficient (Wildman–Crippen LogP) is 0.541. The molecule has 1 N–H and O–H groups in total. The molecule has 0 amide bonds. The van der Waals surface area contributed by atoms with Gasteiger partial charge in [-0.2, -0.15) is 0 Å². The van der Waals surface area contributed by atoms with Crippen molar-refractivity contribution in [2.24, 2.45) is 0 Å². The van der Waals surface area contributed by atoms with Crippen LogP contribution in [0.1, 0.15) is 38.5 Å². The highest BCUT2D eigenvalue weighted by atomic mass is 15.1. The molecular weight excluding hydrogens is 172 g/mol. The lowest BCUT2D eigenvalue weighted by Crippen LogP contribution is -3.12. The maximum absolute atomic E-state index is 2.70. The van der Waals surface area contributed by atoms with Crippen molar-refractivity contribution in [3.8, 4) is 0 Å². The average molecular weight is 197 g/mol. The molecule has 2 heteroatoms. The Balaban J connectivity index is 1.93. The number of hydrogen-bond acceptors (Lipinski definition) is 1. The van der Waals surface area contributed by atoms with Gasteiger partial charge in [0.1, 0.15) is 0 Å². The molecule has 0 aromatic rings. The molecule has 3 fully saturated rings. The van der Waals surface area contributed by atoms with Crippen molar-refractivity contribution in [3.63, 3.8) is 0 Å². The molecule has 3 saturated heterocycles. The van der Waals surface area contributed by atoms with E-state index >= 15 is 0 Å². The standard InChI is InChI=1S/C12H24N2/c1-2-8-14-11-5-3-9-13(7-1)10-4-6-12-14/h1-12H2/p+1. The van der Waals surface area contributed by atoms with E-state index in [9.17, 15) is 0 Å². The van der Waals surface area contributed by atoms with Crippen molar-refractivity contribution in [2.45, 2.75) is 38.5 Å². The summed E-state index contributed by atoms with van der Waals surface area (Å²) in [5, 5.41) is 0. The highest BCUT2D eigenvalue weighted by Gasteiger charge is 2.14. The molecule has 3 aliphatic rings. The summed E-state index contributed by atoms with van der Waals surface area (Å²) in [6.07, 6.45) is 8.65. The van der Waals surface area contributed by atoms with Crippen LogP contribution in [-0.4, -0.2) is 44.2 Å². The van der Waals surface area contributed by atoms with Crippen LogP contribution >= 0.6 is 0 Å². The lowest BCUT2D eigenvalue weighted by molar-refractivity contribution is -0.901. The summed E-state index contributed by atoms with van der Waals surface area (Å²) >= 11 is 0. The van der Waals surface area contributed by atoms with E-state index in [4.69, 9.17) is 0 Å². The van der Waals surface area contributed by atoms with Gasteiger partial charge in [0.25, 0.3) is 0 Å². The summed E-state index contributed by atoms with van der Waals surface area (Å²) in [4.78, 5) is 4.59. The summed E-state index contributed by atoms with van der Waals surface area (Å²) in [6.45, 7) is 8.42. The second kappa shape index (κ2) is 5.72. The first kappa shape index (κ1) is 10.4. The summed E-state index contributed by atoms with van der Waals surface area (Å²) in [7, 11) is 0. The topological polar surface area (TPSA) is 7.68 Å². The van der Waals surface area contributed by atoms with Crippen molar-refractivity contribution in [3.05, 3.63) is 0 Å². The Morgan fingerprint density at radius 3 is 1.43 bits per heavy atom. The molecule has 0 radical (unpaired) electrons. The zero-order valence-electron chi connectivity index (χ0n) is 9.43. The minimum atomic E-state index is 1.37. The molecule has 3 heterocycles. The Hall–Kier alpha value is -0.0800. The minimum absolute atomic E-state index is 1.37. The monoisotopic (exact) mass is 197 g/mol. The highest BCUT2D eigenvalue weighted by Crippen LogP contribution is 2.04.